The summed E-state index contributed by atoms with van der Waals surface area (Å²) >= 11 is 0. The lowest BCUT2D eigenvalue weighted by Gasteiger charge is -2.29. The number of allylic oxidation sites excluding steroid dienone is 7. The monoisotopic (exact) mass is 921 g/mol. The fraction of sp³-hybridized carbons (Fsp3) is 0.836. The van der Waals surface area contributed by atoms with E-state index < -0.39 is 20.0 Å². The predicted octanol–water partition coefficient (Wildman–Crippen LogP) is 15.3. The van der Waals surface area contributed by atoms with E-state index in [-0.39, 0.29) is 19.1 Å². The number of quaternary nitrogens is 1. The molecule has 0 aromatic carbocycles. The maximum Gasteiger partial charge on any atom is 0.268 e. The van der Waals surface area contributed by atoms with Crippen LogP contribution >= 0.6 is 7.82 Å². The van der Waals surface area contributed by atoms with Gasteiger partial charge in [0.15, 0.2) is 0 Å². The summed E-state index contributed by atoms with van der Waals surface area (Å²) < 4.78 is 23.3. The molecule has 0 spiro atoms. The normalized spacial score (nSPS) is 14.4. The van der Waals surface area contributed by atoms with Crippen LogP contribution in [0.15, 0.2) is 48.6 Å². The van der Waals surface area contributed by atoms with Crippen molar-refractivity contribution in [2.75, 3.05) is 40.9 Å². The molecule has 0 radical (unpaired) electrons. The lowest BCUT2D eigenvalue weighted by molar-refractivity contribution is -0.870. The number of hydrogen-bond donors (Lipinski definition) is 2. The number of carbonyl (C=O) groups excluding carboxylic acids is 1. The number of nitrogens with one attached hydrogen (secondary N) is 1. The van der Waals surface area contributed by atoms with Gasteiger partial charge < -0.3 is 28.8 Å². The average molecular weight is 921 g/mol. The molecule has 8 nitrogen and oxygen atoms in total. The molecule has 0 fully saturated rings. The maximum absolute atomic E-state index is 12.9. The SMILES string of the molecule is CCCCCCC/C=C\C/C=C\C/C=C\CCCCCCCCCCCCCCCCC(=O)NC(COP(=O)([O-])OCC[N+](C)(C)C)C(O)/C=C/CCCCCCCCCCCCC. The molecular weight excluding hydrogens is 816 g/mol. The minimum absolute atomic E-state index is 0.00141. The van der Waals surface area contributed by atoms with Gasteiger partial charge in [0.05, 0.1) is 39.9 Å². The van der Waals surface area contributed by atoms with Crippen molar-refractivity contribution in [3.63, 3.8) is 0 Å². The molecule has 0 aliphatic heterocycles. The summed E-state index contributed by atoms with van der Waals surface area (Å²) in [5, 5.41) is 13.8. The van der Waals surface area contributed by atoms with Crippen LogP contribution < -0.4 is 10.2 Å². The highest BCUT2D eigenvalue weighted by Gasteiger charge is 2.23. The Morgan fingerprint density at radius 1 is 0.547 bits per heavy atom. The van der Waals surface area contributed by atoms with E-state index in [2.05, 4.69) is 55.6 Å². The molecular formula is C55H105N2O6P. The lowest BCUT2D eigenvalue weighted by Crippen LogP contribution is -2.45. The van der Waals surface area contributed by atoms with Crippen LogP contribution in [-0.2, 0) is 18.4 Å². The van der Waals surface area contributed by atoms with E-state index in [0.29, 0.717) is 17.4 Å². The zero-order chi connectivity index (χ0) is 47.1. The van der Waals surface area contributed by atoms with E-state index >= 15 is 0 Å². The second kappa shape index (κ2) is 46.6. The first kappa shape index (κ1) is 62.5. The number of phosphoric ester groups is 1. The summed E-state index contributed by atoms with van der Waals surface area (Å²) in [7, 11) is 1.26. The van der Waals surface area contributed by atoms with E-state index in [1.165, 1.54) is 173 Å². The third kappa shape index (κ3) is 48.4. The molecule has 64 heavy (non-hydrogen) atoms. The molecule has 2 N–H and O–H groups in total. The van der Waals surface area contributed by atoms with Gasteiger partial charge >= 0.3 is 0 Å². The molecule has 0 saturated heterocycles. The Bertz CT molecular complexity index is 1180. The average Bonchev–Trinajstić information content (AvgIpc) is 3.25. The number of phosphoric acid groups is 1. The number of likely N-dealkylation sites (N-methyl/N-ethyl adjacent to an activating group) is 1. The third-order valence-corrected chi connectivity index (χ3v) is 13.0. The van der Waals surface area contributed by atoms with Crippen molar-refractivity contribution < 1.29 is 32.9 Å². The number of carbonyl (C=O) groups is 1. The van der Waals surface area contributed by atoms with Gasteiger partial charge in [-0.1, -0.05) is 229 Å². The van der Waals surface area contributed by atoms with Crippen LogP contribution in [0.2, 0.25) is 0 Å². The highest BCUT2D eigenvalue weighted by atomic mass is 31.2. The molecule has 0 rings (SSSR count). The lowest BCUT2D eigenvalue weighted by atomic mass is 10.0. The molecule has 0 aliphatic carbocycles. The summed E-state index contributed by atoms with van der Waals surface area (Å²) in [4.78, 5) is 25.4. The number of amides is 1. The van der Waals surface area contributed by atoms with Crippen LogP contribution in [-0.4, -0.2) is 68.5 Å². The highest BCUT2D eigenvalue weighted by molar-refractivity contribution is 7.45. The van der Waals surface area contributed by atoms with Crippen LogP contribution in [0, 0.1) is 0 Å². The molecule has 0 aromatic rings. The van der Waals surface area contributed by atoms with Crippen molar-refractivity contribution in [2.45, 2.75) is 257 Å². The molecule has 0 aliphatic rings. The zero-order valence-corrected chi connectivity index (χ0v) is 43.6. The fourth-order valence-electron chi connectivity index (χ4n) is 7.75. The van der Waals surface area contributed by atoms with Crippen molar-refractivity contribution in [3.05, 3.63) is 48.6 Å². The summed E-state index contributed by atoms with van der Waals surface area (Å²) in [5.41, 5.74) is 0. The highest BCUT2D eigenvalue weighted by Crippen LogP contribution is 2.38. The van der Waals surface area contributed by atoms with Crippen molar-refractivity contribution in [1.29, 1.82) is 0 Å². The van der Waals surface area contributed by atoms with Gasteiger partial charge in [-0.25, -0.2) is 0 Å². The molecule has 0 saturated carbocycles. The summed E-state index contributed by atoms with van der Waals surface area (Å²) in [6.07, 6.45) is 60.3. The summed E-state index contributed by atoms with van der Waals surface area (Å²) in [5.74, 6) is -0.198. The molecule has 3 atom stereocenters. The van der Waals surface area contributed by atoms with Gasteiger partial charge in [0.25, 0.3) is 7.82 Å². The molecule has 9 heteroatoms. The van der Waals surface area contributed by atoms with Crippen LogP contribution in [0.4, 0.5) is 0 Å². The van der Waals surface area contributed by atoms with Crippen LogP contribution in [0.1, 0.15) is 245 Å². The minimum atomic E-state index is -4.59. The molecule has 0 aromatic heterocycles. The Morgan fingerprint density at radius 3 is 1.31 bits per heavy atom. The fourth-order valence-corrected chi connectivity index (χ4v) is 8.47. The number of nitrogens with zero attached hydrogens (tertiary/aromatic N) is 1. The van der Waals surface area contributed by atoms with E-state index in [4.69, 9.17) is 9.05 Å². The van der Waals surface area contributed by atoms with Gasteiger partial charge in [0.2, 0.25) is 5.91 Å². The van der Waals surface area contributed by atoms with Crippen LogP contribution in [0.5, 0.6) is 0 Å². The van der Waals surface area contributed by atoms with Gasteiger partial charge in [-0.05, 0) is 57.8 Å². The molecule has 1 amide bonds. The van der Waals surface area contributed by atoms with E-state index in [9.17, 15) is 19.4 Å². The number of hydrogen-bond acceptors (Lipinski definition) is 6. The molecule has 376 valence electrons. The van der Waals surface area contributed by atoms with E-state index in [1.807, 2.05) is 27.2 Å². The number of rotatable bonds is 49. The van der Waals surface area contributed by atoms with Crippen molar-refractivity contribution >= 4 is 13.7 Å². The van der Waals surface area contributed by atoms with Gasteiger partial charge in [-0.3, -0.25) is 9.36 Å². The van der Waals surface area contributed by atoms with Crippen molar-refractivity contribution in [1.82, 2.24) is 5.32 Å². The smallest absolute Gasteiger partial charge is 0.268 e. The summed E-state index contributed by atoms with van der Waals surface area (Å²) in [6, 6.07) is -0.886. The molecule has 0 heterocycles. The largest absolute Gasteiger partial charge is 0.756 e. The van der Waals surface area contributed by atoms with Gasteiger partial charge in [0.1, 0.15) is 13.2 Å². The first-order valence-electron chi connectivity index (χ1n) is 27.0. The first-order valence-corrected chi connectivity index (χ1v) is 28.5. The second-order valence-electron chi connectivity index (χ2n) is 19.6. The maximum atomic E-state index is 12.9. The third-order valence-electron chi connectivity index (χ3n) is 12.0. The van der Waals surface area contributed by atoms with Gasteiger partial charge in [-0.15, -0.1) is 0 Å². The Labute approximate surface area is 397 Å². The molecule has 0 bridgehead atoms. The first-order chi connectivity index (χ1) is 31.0. The van der Waals surface area contributed by atoms with Gasteiger partial charge in [0, 0.05) is 6.42 Å². The van der Waals surface area contributed by atoms with Gasteiger partial charge in [-0.2, -0.15) is 0 Å². The van der Waals surface area contributed by atoms with E-state index in [0.717, 1.165) is 51.4 Å². The van der Waals surface area contributed by atoms with Crippen molar-refractivity contribution in [3.8, 4) is 0 Å². The zero-order valence-electron chi connectivity index (χ0n) is 42.7. The quantitative estimate of drug-likeness (QED) is 0.0272. The minimum Gasteiger partial charge on any atom is -0.756 e. The Morgan fingerprint density at radius 2 is 0.906 bits per heavy atom. The Balaban J connectivity index is 4.13. The topological polar surface area (TPSA) is 108 Å². The number of aliphatic hydroxyl groups excluding tert-OH is 1. The second-order valence-corrected chi connectivity index (χ2v) is 21.0. The van der Waals surface area contributed by atoms with Crippen LogP contribution in [0.3, 0.4) is 0 Å². The van der Waals surface area contributed by atoms with Crippen LogP contribution in [0.25, 0.3) is 0 Å². The predicted molar refractivity (Wildman–Crippen MR) is 274 cm³/mol. The van der Waals surface area contributed by atoms with E-state index in [1.54, 1.807) is 6.08 Å². The standard InChI is InChI=1S/C55H105N2O6P/c1-6-8-10-12-14-16-18-20-21-22-23-24-25-26-27-28-29-30-31-32-33-34-35-37-39-41-43-45-47-49-55(59)56-53(52-63-64(60,61)62-51-50-57(3,4)5)54(58)48-46-44-42-40-38-36-19-17-15-13-11-9-7-2/h18,20,22-23,25-26,46,48,53-54,58H,6-17,19,21,24,27-45,47,49-52H2,1-5H3,(H-,56,59,60,61)/b20-18-,23-22-,26-25-,48-46+. The summed E-state index contributed by atoms with van der Waals surface area (Å²) in [6.45, 7) is 4.64. The van der Waals surface area contributed by atoms with Crippen molar-refractivity contribution in [2.24, 2.45) is 0 Å². The molecule has 3 unspecified atom stereocenters. The Hall–Kier alpha value is -1.54. The number of unbranched alkanes of at least 4 members (excludes halogenated alkanes) is 30. The Kier molecular flexibility index (Phi) is 45.4. The number of aliphatic hydroxyl groups is 1.